The summed E-state index contributed by atoms with van der Waals surface area (Å²) in [4.78, 5) is 10.6. The third kappa shape index (κ3) is 20.8. The highest BCUT2D eigenvalue weighted by molar-refractivity contribution is 6.47. The fourth-order valence-corrected chi connectivity index (χ4v) is 6.84. The Labute approximate surface area is 298 Å². The number of allylic oxidation sites excluding steroid dienone is 2. The van der Waals surface area contributed by atoms with Gasteiger partial charge in [0, 0.05) is 0 Å². The largest absolute Gasteiger partial charge is 0.251 e. The molecule has 0 spiro atoms. The molecule has 0 aromatic heterocycles. The van der Waals surface area contributed by atoms with Crippen molar-refractivity contribution in [1.82, 2.24) is 0 Å². The van der Waals surface area contributed by atoms with E-state index in [0.29, 0.717) is 0 Å². The smallest absolute Gasteiger partial charge is 0.0848 e. The molecular weight excluding hydrogens is 581 g/mol. The van der Waals surface area contributed by atoms with Crippen LogP contribution in [0.1, 0.15) is 190 Å². The molecule has 2 aromatic carbocycles. The molecule has 0 aliphatic carbocycles. The first kappa shape index (κ1) is 41.7. The van der Waals surface area contributed by atoms with Crippen LogP contribution in [0.5, 0.6) is 0 Å². The minimum absolute atomic E-state index is 0.964. The number of aryl methyl sites for hydroxylation is 4. The zero-order valence-electron chi connectivity index (χ0n) is 32.5. The van der Waals surface area contributed by atoms with Gasteiger partial charge in [0.15, 0.2) is 0 Å². The van der Waals surface area contributed by atoms with Crippen molar-refractivity contribution < 1.29 is 0 Å². The Hall–Kier alpha value is -2.48. The number of rotatable bonds is 28. The number of aliphatic imine (C=N–C) groups is 2. The topological polar surface area (TPSA) is 24.7 Å². The second-order valence-electron chi connectivity index (χ2n) is 14.8. The lowest BCUT2D eigenvalue weighted by molar-refractivity contribution is 0.530. The fraction of sp³-hybridized carbons (Fsp3) is 0.652. The maximum atomic E-state index is 5.29. The van der Waals surface area contributed by atoms with Gasteiger partial charge in [-0.3, -0.25) is 4.99 Å². The minimum Gasteiger partial charge on any atom is -0.251 e. The monoisotopic (exact) mass is 655 g/mol. The van der Waals surface area contributed by atoms with Gasteiger partial charge in [0.25, 0.3) is 0 Å². The van der Waals surface area contributed by atoms with Crippen LogP contribution in [-0.2, 0) is 0 Å². The molecule has 0 fully saturated rings. The van der Waals surface area contributed by atoms with E-state index in [9.17, 15) is 0 Å². The van der Waals surface area contributed by atoms with E-state index in [0.717, 1.165) is 42.1 Å². The molecule has 2 heteroatoms. The summed E-state index contributed by atoms with van der Waals surface area (Å²) in [6.07, 6.45) is 37.0. The summed E-state index contributed by atoms with van der Waals surface area (Å²) >= 11 is 0. The van der Waals surface area contributed by atoms with Crippen LogP contribution in [0.15, 0.2) is 58.5 Å². The number of benzene rings is 2. The average Bonchev–Trinajstić information content (AvgIpc) is 3.04. The second kappa shape index (κ2) is 27.4. The van der Waals surface area contributed by atoms with Gasteiger partial charge in [-0.1, -0.05) is 160 Å². The van der Waals surface area contributed by atoms with Crippen molar-refractivity contribution in [2.24, 2.45) is 9.98 Å². The highest BCUT2D eigenvalue weighted by Crippen LogP contribution is 2.23. The molecule has 0 saturated carbocycles. The van der Waals surface area contributed by atoms with Crippen molar-refractivity contribution in [3.05, 3.63) is 70.8 Å². The lowest BCUT2D eigenvalue weighted by Crippen LogP contribution is -2.12. The van der Waals surface area contributed by atoms with E-state index in [1.165, 1.54) is 157 Å². The van der Waals surface area contributed by atoms with E-state index < -0.39 is 0 Å². The van der Waals surface area contributed by atoms with Gasteiger partial charge >= 0.3 is 0 Å². The maximum Gasteiger partial charge on any atom is 0.0848 e. The van der Waals surface area contributed by atoms with Gasteiger partial charge in [0.1, 0.15) is 0 Å². The van der Waals surface area contributed by atoms with E-state index >= 15 is 0 Å². The van der Waals surface area contributed by atoms with Crippen LogP contribution in [0.4, 0.5) is 11.4 Å². The molecule has 0 aliphatic heterocycles. The van der Waals surface area contributed by atoms with Gasteiger partial charge in [-0.2, -0.15) is 0 Å². The van der Waals surface area contributed by atoms with Crippen molar-refractivity contribution in [2.75, 3.05) is 0 Å². The quantitative estimate of drug-likeness (QED) is 0.0644. The van der Waals surface area contributed by atoms with Gasteiger partial charge in [-0.25, -0.2) is 4.99 Å². The first-order valence-corrected chi connectivity index (χ1v) is 20.4. The molecule has 48 heavy (non-hydrogen) atoms. The predicted octanol–water partition coefficient (Wildman–Crippen LogP) is 15.7. The number of unbranched alkanes of at least 4 members (excludes halogenated alkanes) is 21. The Bertz CT molecular complexity index is 1160. The van der Waals surface area contributed by atoms with Crippen molar-refractivity contribution >= 4 is 22.8 Å². The third-order valence-corrected chi connectivity index (χ3v) is 9.49. The zero-order valence-corrected chi connectivity index (χ0v) is 32.5. The summed E-state index contributed by atoms with van der Waals surface area (Å²) in [6, 6.07) is 13.3. The van der Waals surface area contributed by atoms with Crippen LogP contribution in [0.25, 0.3) is 0 Å². The summed E-state index contributed by atoms with van der Waals surface area (Å²) in [7, 11) is 0. The molecule has 0 N–H and O–H groups in total. The number of hydrogen-bond acceptors (Lipinski definition) is 2. The Morgan fingerprint density at radius 3 is 1.21 bits per heavy atom. The molecule has 2 aromatic rings. The first-order valence-electron chi connectivity index (χ1n) is 20.4. The fourth-order valence-electron chi connectivity index (χ4n) is 6.84. The molecule has 0 heterocycles. The van der Waals surface area contributed by atoms with Crippen LogP contribution in [0.3, 0.4) is 0 Å². The minimum atomic E-state index is 0.964. The SMILES string of the molecule is CCCCCCCCCCCCCCCCCCC=CC(=Nc1cc(C)cc(C)c1)C(CCCCCCCC)=Nc1cc(C)cc(C)c1. The zero-order chi connectivity index (χ0) is 34.7. The van der Waals surface area contributed by atoms with Gasteiger partial charge in [-0.15, -0.1) is 0 Å². The van der Waals surface area contributed by atoms with Gasteiger partial charge in [-0.05, 0) is 106 Å². The molecule has 0 atom stereocenters. The Morgan fingerprint density at radius 2 is 0.792 bits per heavy atom. The number of hydrogen-bond donors (Lipinski definition) is 0. The maximum absolute atomic E-state index is 5.29. The standard InChI is InChI=1S/C46H74N2/c1-7-9-11-13-15-16-17-18-19-20-21-22-23-24-25-26-28-30-32-46(48-44-37-41(5)34-42(6)38-44)45(31-29-27-14-12-10-8-2)47-43-35-39(3)33-40(4)36-43/h30,32-38H,7-29,31H2,1-6H3. The molecule has 0 radical (unpaired) electrons. The third-order valence-electron chi connectivity index (χ3n) is 9.49. The molecule has 2 nitrogen and oxygen atoms in total. The van der Waals surface area contributed by atoms with Crippen molar-refractivity contribution in [3.8, 4) is 0 Å². The Balaban J connectivity index is 1.92. The molecule has 0 saturated heterocycles. The van der Waals surface area contributed by atoms with Crippen molar-refractivity contribution in [3.63, 3.8) is 0 Å². The van der Waals surface area contributed by atoms with E-state index in [1.807, 2.05) is 0 Å². The Morgan fingerprint density at radius 1 is 0.438 bits per heavy atom. The molecule has 268 valence electrons. The van der Waals surface area contributed by atoms with E-state index in [2.05, 4.69) is 90.1 Å². The molecule has 0 amide bonds. The van der Waals surface area contributed by atoms with E-state index in [-0.39, 0.29) is 0 Å². The Kier molecular flexibility index (Phi) is 23.8. The number of nitrogens with zero attached hydrogens (tertiary/aromatic N) is 2. The van der Waals surface area contributed by atoms with Crippen LogP contribution in [0.2, 0.25) is 0 Å². The van der Waals surface area contributed by atoms with Crippen LogP contribution in [0, 0.1) is 27.7 Å². The van der Waals surface area contributed by atoms with Crippen molar-refractivity contribution in [1.29, 1.82) is 0 Å². The van der Waals surface area contributed by atoms with Crippen LogP contribution >= 0.6 is 0 Å². The van der Waals surface area contributed by atoms with Gasteiger partial charge in [0.05, 0.1) is 22.8 Å². The summed E-state index contributed by atoms with van der Waals surface area (Å²) < 4.78 is 0. The van der Waals surface area contributed by atoms with Gasteiger partial charge in [0.2, 0.25) is 0 Å². The van der Waals surface area contributed by atoms with E-state index in [1.54, 1.807) is 0 Å². The summed E-state index contributed by atoms with van der Waals surface area (Å²) in [5.74, 6) is 0. The second-order valence-corrected chi connectivity index (χ2v) is 14.8. The molecule has 0 aliphatic rings. The lowest BCUT2D eigenvalue weighted by atomic mass is 10.0. The van der Waals surface area contributed by atoms with Crippen LogP contribution < -0.4 is 0 Å². The predicted molar refractivity (Wildman–Crippen MR) is 217 cm³/mol. The normalized spacial score (nSPS) is 12.5. The molecular formula is C46H74N2. The average molecular weight is 655 g/mol. The molecule has 0 unspecified atom stereocenters. The molecule has 0 bridgehead atoms. The lowest BCUT2D eigenvalue weighted by Gasteiger charge is -2.10. The summed E-state index contributed by atoms with van der Waals surface area (Å²) in [5, 5.41) is 0. The highest BCUT2D eigenvalue weighted by atomic mass is 14.8. The molecule has 2 rings (SSSR count). The van der Waals surface area contributed by atoms with Gasteiger partial charge < -0.3 is 0 Å². The highest BCUT2D eigenvalue weighted by Gasteiger charge is 2.10. The van der Waals surface area contributed by atoms with E-state index in [4.69, 9.17) is 9.98 Å². The summed E-state index contributed by atoms with van der Waals surface area (Å²) in [5.41, 5.74) is 9.28. The summed E-state index contributed by atoms with van der Waals surface area (Å²) in [6.45, 7) is 13.3. The van der Waals surface area contributed by atoms with Crippen LogP contribution in [-0.4, -0.2) is 11.4 Å². The van der Waals surface area contributed by atoms with Crippen molar-refractivity contribution in [2.45, 2.75) is 196 Å². The first-order chi connectivity index (χ1) is 23.4.